The van der Waals surface area contributed by atoms with Gasteiger partial charge < -0.3 is 19.7 Å². The molecule has 1 spiro atoms. The van der Waals surface area contributed by atoms with E-state index in [1.54, 1.807) is 17.7 Å². The number of rotatable bonds is 5. The Hall–Kier alpha value is -3.04. The van der Waals surface area contributed by atoms with Crippen LogP contribution in [0.4, 0.5) is 11.5 Å². The lowest BCUT2D eigenvalue weighted by Crippen LogP contribution is -2.68. The van der Waals surface area contributed by atoms with E-state index in [2.05, 4.69) is 32.4 Å². The minimum Gasteiger partial charge on any atom is -0.492 e. The summed E-state index contributed by atoms with van der Waals surface area (Å²) in [7, 11) is 0. The number of benzene rings is 1. The van der Waals surface area contributed by atoms with Crippen molar-refractivity contribution in [3.8, 4) is 5.75 Å². The maximum absolute atomic E-state index is 13.2. The Morgan fingerprint density at radius 2 is 2.20 bits per heavy atom. The van der Waals surface area contributed by atoms with Crippen molar-refractivity contribution in [2.45, 2.75) is 32.7 Å². The number of aryl methyl sites for hydroxylation is 1. The van der Waals surface area contributed by atoms with E-state index < -0.39 is 0 Å². The number of ether oxygens (including phenoxy) is 2. The number of hydrogen-bond acceptors (Lipinski definition) is 8. The van der Waals surface area contributed by atoms with E-state index in [0.717, 1.165) is 78.6 Å². The van der Waals surface area contributed by atoms with Gasteiger partial charge >= 0.3 is 0 Å². The van der Waals surface area contributed by atoms with Crippen LogP contribution in [0.5, 0.6) is 5.75 Å². The lowest BCUT2D eigenvalue weighted by atomic mass is 9.76. The van der Waals surface area contributed by atoms with E-state index in [-0.39, 0.29) is 11.3 Å². The highest BCUT2D eigenvalue weighted by Crippen LogP contribution is 2.44. The van der Waals surface area contributed by atoms with Crippen LogP contribution in [-0.4, -0.2) is 59.9 Å². The molecule has 7 rings (SSSR count). The van der Waals surface area contributed by atoms with Gasteiger partial charge in [0.05, 0.1) is 42.9 Å². The van der Waals surface area contributed by atoms with Gasteiger partial charge in [-0.2, -0.15) is 0 Å². The molecule has 35 heavy (non-hydrogen) atoms. The van der Waals surface area contributed by atoms with Crippen molar-refractivity contribution in [3.63, 3.8) is 0 Å². The predicted molar refractivity (Wildman–Crippen MR) is 135 cm³/mol. The summed E-state index contributed by atoms with van der Waals surface area (Å²) in [4.78, 5) is 31.0. The maximum atomic E-state index is 13.2. The average Bonchev–Trinajstić information content (AvgIpc) is 3.41. The number of nitrogens with zero attached hydrogens (tertiary/aromatic N) is 4. The minimum absolute atomic E-state index is 0.0545. The van der Waals surface area contributed by atoms with E-state index in [9.17, 15) is 4.79 Å². The zero-order chi connectivity index (χ0) is 23.6. The predicted octanol–water partition coefficient (Wildman–Crippen LogP) is 3.73. The molecular formula is C26H27N5O3S. The smallest absolute Gasteiger partial charge is 0.226 e. The number of amides is 1. The SMILES string of the molecule is CCOc1cc2c(cc1Nc1ncnc3sc4c(c13)CC[C@H](C(=O)N1CC3(COC3)C1)C4)C=NC2. The molecule has 2 aromatic heterocycles. The molecule has 3 aliphatic heterocycles. The van der Waals surface area contributed by atoms with Crippen LogP contribution in [0.15, 0.2) is 23.5 Å². The molecule has 0 saturated carbocycles. The molecule has 3 aromatic rings. The second-order valence-electron chi connectivity index (χ2n) is 10.1. The van der Waals surface area contributed by atoms with Gasteiger partial charge in [0, 0.05) is 30.1 Å². The van der Waals surface area contributed by atoms with Crippen LogP contribution in [0.1, 0.15) is 34.9 Å². The molecule has 1 N–H and O–H groups in total. The first-order valence-corrected chi connectivity index (χ1v) is 13.1. The van der Waals surface area contributed by atoms with Gasteiger partial charge in [0.1, 0.15) is 22.7 Å². The fourth-order valence-electron chi connectivity index (χ4n) is 5.80. The fraction of sp³-hybridized carbons (Fsp3) is 0.462. The molecule has 1 aromatic carbocycles. The van der Waals surface area contributed by atoms with E-state index in [0.29, 0.717) is 19.1 Å². The molecule has 8 nitrogen and oxygen atoms in total. The summed E-state index contributed by atoms with van der Waals surface area (Å²) in [6.45, 7) is 6.59. The molecule has 1 atom stereocenters. The molecule has 180 valence electrons. The topological polar surface area (TPSA) is 88.9 Å². The normalized spacial score (nSPS) is 21.4. The number of aliphatic imine (C=N–C) groups is 1. The van der Waals surface area contributed by atoms with E-state index in [1.807, 2.05) is 18.0 Å². The quantitative estimate of drug-likeness (QED) is 0.588. The third kappa shape index (κ3) is 3.43. The van der Waals surface area contributed by atoms with Gasteiger partial charge in [-0.25, -0.2) is 9.97 Å². The highest BCUT2D eigenvalue weighted by molar-refractivity contribution is 7.19. The van der Waals surface area contributed by atoms with Crippen molar-refractivity contribution in [1.82, 2.24) is 14.9 Å². The third-order valence-electron chi connectivity index (χ3n) is 7.66. The summed E-state index contributed by atoms with van der Waals surface area (Å²) >= 11 is 1.70. The van der Waals surface area contributed by atoms with Gasteiger partial charge in [0.2, 0.25) is 5.91 Å². The fourth-order valence-corrected chi connectivity index (χ4v) is 7.07. The zero-order valence-electron chi connectivity index (χ0n) is 19.7. The number of anilines is 2. The molecule has 2 saturated heterocycles. The summed E-state index contributed by atoms with van der Waals surface area (Å²) in [6, 6.07) is 4.16. The van der Waals surface area contributed by atoms with Gasteiger partial charge in [-0.3, -0.25) is 9.79 Å². The summed E-state index contributed by atoms with van der Waals surface area (Å²) in [5.74, 6) is 1.96. The van der Waals surface area contributed by atoms with Crippen LogP contribution in [-0.2, 0) is 28.9 Å². The number of thiophene rings is 1. The molecule has 1 amide bonds. The van der Waals surface area contributed by atoms with Crippen molar-refractivity contribution in [3.05, 3.63) is 40.0 Å². The first kappa shape index (κ1) is 21.3. The monoisotopic (exact) mass is 489 g/mol. The number of carbonyl (C=O) groups is 1. The van der Waals surface area contributed by atoms with Crippen molar-refractivity contribution < 1.29 is 14.3 Å². The van der Waals surface area contributed by atoms with Crippen LogP contribution in [0.2, 0.25) is 0 Å². The van der Waals surface area contributed by atoms with Crippen molar-refractivity contribution >= 4 is 45.2 Å². The first-order valence-electron chi connectivity index (χ1n) is 12.3. The third-order valence-corrected chi connectivity index (χ3v) is 8.82. The van der Waals surface area contributed by atoms with Crippen LogP contribution in [0.3, 0.4) is 0 Å². The van der Waals surface area contributed by atoms with E-state index >= 15 is 0 Å². The van der Waals surface area contributed by atoms with E-state index in [4.69, 9.17) is 9.47 Å². The highest BCUT2D eigenvalue weighted by atomic mass is 32.1. The maximum Gasteiger partial charge on any atom is 0.226 e. The summed E-state index contributed by atoms with van der Waals surface area (Å²) in [5, 5.41) is 4.61. The van der Waals surface area contributed by atoms with E-state index in [1.165, 1.54) is 16.0 Å². The van der Waals surface area contributed by atoms with Gasteiger partial charge in [-0.05, 0) is 55.0 Å². The average molecular weight is 490 g/mol. The van der Waals surface area contributed by atoms with Crippen molar-refractivity contribution in [2.24, 2.45) is 16.3 Å². The van der Waals surface area contributed by atoms with Gasteiger partial charge in [0.15, 0.2) is 0 Å². The minimum atomic E-state index is 0.0545. The van der Waals surface area contributed by atoms with Gasteiger partial charge in [-0.15, -0.1) is 11.3 Å². The molecular weight excluding hydrogens is 462 g/mol. The van der Waals surface area contributed by atoms with Gasteiger partial charge in [-0.1, -0.05) is 0 Å². The Morgan fingerprint density at radius 1 is 1.31 bits per heavy atom. The summed E-state index contributed by atoms with van der Waals surface area (Å²) in [6.07, 6.45) is 6.04. The zero-order valence-corrected chi connectivity index (χ0v) is 20.5. The molecule has 4 aliphatic rings. The van der Waals surface area contributed by atoms with Crippen LogP contribution in [0, 0.1) is 11.3 Å². The largest absolute Gasteiger partial charge is 0.492 e. The number of likely N-dealkylation sites (tertiary alicyclic amines) is 1. The van der Waals surface area contributed by atoms with Crippen LogP contribution in [0.25, 0.3) is 10.2 Å². The molecule has 2 fully saturated rings. The molecule has 1 aliphatic carbocycles. The molecule has 5 heterocycles. The Labute approximate surface area is 207 Å². The second-order valence-corrected chi connectivity index (χ2v) is 11.2. The number of aromatic nitrogens is 2. The molecule has 9 heteroatoms. The number of fused-ring (bicyclic) bond motifs is 4. The van der Waals surface area contributed by atoms with Crippen LogP contribution >= 0.6 is 11.3 Å². The van der Waals surface area contributed by atoms with Gasteiger partial charge in [0.25, 0.3) is 0 Å². The lowest BCUT2D eigenvalue weighted by Gasteiger charge is -2.55. The Bertz CT molecular complexity index is 1370. The second kappa shape index (κ2) is 7.99. The van der Waals surface area contributed by atoms with Crippen LogP contribution < -0.4 is 10.1 Å². The molecule has 0 radical (unpaired) electrons. The number of nitrogens with one attached hydrogen (secondary N) is 1. The summed E-state index contributed by atoms with van der Waals surface area (Å²) in [5.41, 5.74) is 4.71. The highest BCUT2D eigenvalue weighted by Gasteiger charge is 2.51. The molecule has 0 unspecified atom stereocenters. The summed E-state index contributed by atoms with van der Waals surface area (Å²) < 4.78 is 11.3. The Balaban J connectivity index is 1.17. The Morgan fingerprint density at radius 3 is 3.00 bits per heavy atom. The lowest BCUT2D eigenvalue weighted by molar-refractivity contribution is -0.197. The standard InChI is InChI=1S/C26H27N5O3S/c1-2-34-20-6-17-9-27-8-16(17)5-19(20)30-23-22-18-4-3-15(7-21(18)35-24(22)29-14-28-23)25(32)31-10-26(11-31)12-33-13-26/h5-6,8,14-15H,2-4,7,9-13H2,1H3,(H,28,29,30)/t15-/m0/s1. The number of hydrogen-bond donors (Lipinski definition) is 1. The Kier molecular flexibility index (Phi) is 4.86. The van der Waals surface area contributed by atoms with Crippen molar-refractivity contribution in [1.29, 1.82) is 0 Å². The van der Waals surface area contributed by atoms with Crippen molar-refractivity contribution in [2.75, 3.05) is 38.2 Å². The number of carbonyl (C=O) groups excluding carboxylic acids is 1. The first-order chi connectivity index (χ1) is 17.1. The molecule has 0 bridgehead atoms.